The van der Waals surface area contributed by atoms with Crippen molar-refractivity contribution in [2.45, 2.75) is 37.8 Å². The van der Waals surface area contributed by atoms with Gasteiger partial charge in [0, 0.05) is 28.6 Å². The van der Waals surface area contributed by atoms with Gasteiger partial charge in [-0.25, -0.2) is 4.68 Å². The molecule has 1 aliphatic rings. The molecule has 172 valence electrons. The van der Waals surface area contributed by atoms with Gasteiger partial charge in [0.15, 0.2) is 0 Å². The second kappa shape index (κ2) is 8.86. The largest absolute Gasteiger partial charge is 0.393 e. The average Bonchev–Trinajstić information content (AvgIpc) is 3.34. The maximum absolute atomic E-state index is 9.82. The zero-order valence-corrected chi connectivity index (χ0v) is 19.2. The maximum atomic E-state index is 9.82. The van der Waals surface area contributed by atoms with Gasteiger partial charge in [-0.3, -0.25) is 4.98 Å². The molecule has 0 radical (unpaired) electrons. The van der Waals surface area contributed by atoms with Crippen LogP contribution >= 0.6 is 0 Å². The first kappa shape index (κ1) is 21.3. The van der Waals surface area contributed by atoms with Crippen LogP contribution in [-0.4, -0.2) is 32.0 Å². The minimum absolute atomic E-state index is 0.211. The van der Waals surface area contributed by atoms with Crippen molar-refractivity contribution >= 4 is 27.5 Å². The number of fused-ring (bicyclic) bond motifs is 2. The van der Waals surface area contributed by atoms with Crippen molar-refractivity contribution < 1.29 is 5.11 Å². The normalized spacial score (nSPS) is 17.9. The Morgan fingerprint density at radius 2 is 1.80 bits per heavy atom. The first-order chi connectivity index (χ1) is 17.2. The van der Waals surface area contributed by atoms with Crippen LogP contribution < -0.4 is 5.32 Å². The first-order valence-electron chi connectivity index (χ1n) is 12.0. The van der Waals surface area contributed by atoms with Crippen LogP contribution in [0.3, 0.4) is 0 Å². The summed E-state index contributed by atoms with van der Waals surface area (Å²) < 4.78 is 1.92. The number of benzene rings is 3. The molecule has 1 aliphatic carbocycles. The lowest BCUT2D eigenvalue weighted by Crippen LogP contribution is -2.28. The fourth-order valence-corrected chi connectivity index (χ4v) is 5.05. The summed E-state index contributed by atoms with van der Waals surface area (Å²) in [7, 11) is 0. The van der Waals surface area contributed by atoms with E-state index in [0.717, 1.165) is 70.0 Å². The quantitative estimate of drug-likeness (QED) is 0.353. The standard InChI is InChI=1S/C29H25N5O/c30-16-20-8-11-23(15-28(20)33-22-9-12-24(35)13-10-22)34-29-7-3-5-25(26(29)18-32-34)21-14-19-4-1-2-6-27(19)31-17-21/h1-8,11,14-15,17-18,22,24,33,35H,9-10,12-13H2. The molecule has 0 bridgehead atoms. The maximum Gasteiger partial charge on any atom is 0.101 e. The first-order valence-corrected chi connectivity index (χ1v) is 12.0. The molecule has 0 atom stereocenters. The number of aliphatic hydroxyl groups excluding tert-OH is 1. The van der Waals surface area contributed by atoms with E-state index in [4.69, 9.17) is 5.10 Å². The zero-order chi connectivity index (χ0) is 23.8. The number of pyridine rings is 1. The topological polar surface area (TPSA) is 86.8 Å². The van der Waals surface area contributed by atoms with Crippen molar-refractivity contribution in [2.24, 2.45) is 0 Å². The van der Waals surface area contributed by atoms with Crippen LogP contribution in [0, 0.1) is 11.3 Å². The Labute approximate surface area is 203 Å². The molecule has 2 heterocycles. The van der Waals surface area contributed by atoms with Crippen LogP contribution in [0.25, 0.3) is 38.6 Å². The number of anilines is 1. The van der Waals surface area contributed by atoms with E-state index < -0.39 is 0 Å². The molecule has 1 saturated carbocycles. The lowest BCUT2D eigenvalue weighted by atomic mass is 9.93. The number of hydrogen-bond donors (Lipinski definition) is 2. The number of aliphatic hydroxyl groups is 1. The number of para-hydroxylation sites is 1. The smallest absolute Gasteiger partial charge is 0.101 e. The Kier molecular flexibility index (Phi) is 5.40. The summed E-state index contributed by atoms with van der Waals surface area (Å²) in [5, 5.41) is 29.9. The van der Waals surface area contributed by atoms with E-state index in [1.54, 1.807) is 0 Å². The molecule has 3 aromatic carbocycles. The number of aromatic nitrogens is 3. The van der Waals surface area contributed by atoms with Gasteiger partial charge in [0.2, 0.25) is 0 Å². The van der Waals surface area contributed by atoms with Gasteiger partial charge in [-0.05, 0) is 67.6 Å². The highest BCUT2D eigenvalue weighted by molar-refractivity contribution is 5.97. The van der Waals surface area contributed by atoms with E-state index in [0.29, 0.717) is 5.56 Å². The molecule has 6 nitrogen and oxygen atoms in total. The van der Waals surface area contributed by atoms with E-state index in [9.17, 15) is 10.4 Å². The SMILES string of the molecule is N#Cc1ccc(-n2ncc3c(-c4cnc5ccccc5c4)cccc32)cc1NC1CCC(O)CC1. The number of nitrogens with zero attached hydrogens (tertiary/aromatic N) is 4. The second-order valence-corrected chi connectivity index (χ2v) is 9.20. The molecule has 0 unspecified atom stereocenters. The van der Waals surface area contributed by atoms with Gasteiger partial charge in [-0.2, -0.15) is 10.4 Å². The van der Waals surface area contributed by atoms with E-state index in [2.05, 4.69) is 40.6 Å². The molecule has 6 rings (SSSR count). The Morgan fingerprint density at radius 1 is 0.943 bits per heavy atom. The van der Waals surface area contributed by atoms with E-state index in [1.807, 2.05) is 59.5 Å². The van der Waals surface area contributed by atoms with E-state index in [1.165, 1.54) is 0 Å². The Morgan fingerprint density at radius 3 is 2.66 bits per heavy atom. The van der Waals surface area contributed by atoms with Gasteiger partial charge < -0.3 is 10.4 Å². The molecule has 1 fully saturated rings. The Bertz CT molecular complexity index is 1570. The van der Waals surface area contributed by atoms with Crippen molar-refractivity contribution in [3.8, 4) is 22.9 Å². The number of rotatable bonds is 4. The minimum atomic E-state index is -0.211. The lowest BCUT2D eigenvalue weighted by Gasteiger charge is -2.27. The van der Waals surface area contributed by atoms with E-state index in [-0.39, 0.29) is 12.1 Å². The van der Waals surface area contributed by atoms with Gasteiger partial charge in [0.05, 0.1) is 40.3 Å². The molecule has 2 N–H and O–H groups in total. The highest BCUT2D eigenvalue weighted by Gasteiger charge is 2.20. The molecule has 0 spiro atoms. The fraction of sp³-hybridized carbons (Fsp3) is 0.207. The predicted molar refractivity (Wildman–Crippen MR) is 138 cm³/mol. The third-order valence-corrected chi connectivity index (χ3v) is 6.94. The molecule has 6 heteroatoms. The van der Waals surface area contributed by atoms with Crippen LogP contribution in [0.5, 0.6) is 0 Å². The van der Waals surface area contributed by atoms with Gasteiger partial charge in [-0.1, -0.05) is 30.3 Å². The Hall–Kier alpha value is -4.21. The number of hydrogen-bond acceptors (Lipinski definition) is 5. The zero-order valence-electron chi connectivity index (χ0n) is 19.2. The highest BCUT2D eigenvalue weighted by atomic mass is 16.3. The van der Waals surface area contributed by atoms with Crippen molar-refractivity contribution in [3.05, 3.63) is 84.7 Å². The summed E-state index contributed by atoms with van der Waals surface area (Å²) in [5.41, 5.74) is 6.42. The lowest BCUT2D eigenvalue weighted by molar-refractivity contribution is 0.126. The summed E-state index contributed by atoms with van der Waals surface area (Å²) in [6.07, 6.45) is 6.96. The van der Waals surface area contributed by atoms with Crippen molar-refractivity contribution in [3.63, 3.8) is 0 Å². The van der Waals surface area contributed by atoms with Crippen LogP contribution in [-0.2, 0) is 0 Å². The fourth-order valence-electron chi connectivity index (χ4n) is 5.05. The van der Waals surface area contributed by atoms with Crippen LogP contribution in [0.2, 0.25) is 0 Å². The summed E-state index contributed by atoms with van der Waals surface area (Å²) in [5.74, 6) is 0. The summed E-state index contributed by atoms with van der Waals surface area (Å²) in [6, 6.07) is 24.8. The van der Waals surface area contributed by atoms with Crippen molar-refractivity contribution in [2.75, 3.05) is 5.32 Å². The molecule has 0 saturated heterocycles. The molecular formula is C29H25N5O. The summed E-state index contributed by atoms with van der Waals surface area (Å²) in [4.78, 5) is 4.64. The molecular weight excluding hydrogens is 434 g/mol. The van der Waals surface area contributed by atoms with Crippen LogP contribution in [0.15, 0.2) is 79.1 Å². The molecule has 35 heavy (non-hydrogen) atoms. The Balaban J connectivity index is 1.39. The summed E-state index contributed by atoms with van der Waals surface area (Å²) >= 11 is 0. The predicted octanol–water partition coefficient (Wildman–Crippen LogP) is 5.83. The highest BCUT2D eigenvalue weighted by Crippen LogP contribution is 2.32. The minimum Gasteiger partial charge on any atom is -0.393 e. The van der Waals surface area contributed by atoms with Gasteiger partial charge in [-0.15, -0.1) is 0 Å². The number of nitrogens with one attached hydrogen (secondary N) is 1. The monoisotopic (exact) mass is 459 g/mol. The van der Waals surface area contributed by atoms with Crippen molar-refractivity contribution in [1.29, 1.82) is 5.26 Å². The van der Waals surface area contributed by atoms with Gasteiger partial charge in [0.1, 0.15) is 6.07 Å². The van der Waals surface area contributed by atoms with Gasteiger partial charge in [0.25, 0.3) is 0 Å². The van der Waals surface area contributed by atoms with E-state index >= 15 is 0 Å². The third kappa shape index (κ3) is 4.01. The van der Waals surface area contributed by atoms with Crippen LogP contribution in [0.4, 0.5) is 5.69 Å². The molecule has 0 aliphatic heterocycles. The van der Waals surface area contributed by atoms with Crippen LogP contribution in [0.1, 0.15) is 31.2 Å². The number of nitriles is 1. The van der Waals surface area contributed by atoms with Gasteiger partial charge >= 0.3 is 0 Å². The summed E-state index contributed by atoms with van der Waals surface area (Å²) in [6.45, 7) is 0. The van der Waals surface area contributed by atoms with Crippen molar-refractivity contribution in [1.82, 2.24) is 14.8 Å². The molecule has 0 amide bonds. The molecule has 5 aromatic rings. The second-order valence-electron chi connectivity index (χ2n) is 9.20. The third-order valence-electron chi connectivity index (χ3n) is 6.94. The molecule has 2 aromatic heterocycles. The average molecular weight is 460 g/mol.